The minimum Gasteiger partial charge on any atom is -0.588 e. The van der Waals surface area contributed by atoms with Gasteiger partial charge in [0.05, 0.1) is 10.6 Å². The van der Waals surface area contributed by atoms with E-state index in [0.29, 0.717) is 10.8 Å². The fourth-order valence-corrected chi connectivity index (χ4v) is 7.21. The fraction of sp³-hybridized carbons (Fsp3) is 0.158. The zero-order chi connectivity index (χ0) is 23.8. The molecule has 172 valence electrons. The van der Waals surface area contributed by atoms with Gasteiger partial charge >= 0.3 is 7.60 Å². The van der Waals surface area contributed by atoms with Gasteiger partial charge in [-0.1, -0.05) is 47.5 Å². The smallest absolute Gasteiger partial charge is 0.349 e. The summed E-state index contributed by atoms with van der Waals surface area (Å²) in [4.78, 5) is 19.5. The van der Waals surface area contributed by atoms with Crippen molar-refractivity contribution in [1.29, 1.82) is 0 Å². The van der Waals surface area contributed by atoms with E-state index in [9.17, 15) is 27.3 Å². The van der Waals surface area contributed by atoms with Gasteiger partial charge in [-0.25, -0.2) is 12.7 Å². The Hall–Kier alpha value is -1.33. The standard InChI is InChI=1S/C19H19Cl2N2O6PS2/c1-22(2)32(28,29)19-8-4-5-16-17(19)6-3-7-18(16)23(12-30(24,25)26)31(27)15-10-13(20)9-14(21)11-15/h3-11H,12H2,1-2H3,(H2,24,25,26). The van der Waals surface area contributed by atoms with Crippen molar-refractivity contribution in [2.75, 3.05) is 24.7 Å². The molecule has 8 nitrogen and oxygen atoms in total. The third-order valence-electron chi connectivity index (χ3n) is 4.44. The molecule has 0 radical (unpaired) electrons. The Bertz CT molecular complexity index is 1300. The van der Waals surface area contributed by atoms with Crippen LogP contribution in [-0.2, 0) is 26.0 Å². The molecule has 0 bridgehead atoms. The number of halogens is 2. The maximum Gasteiger partial charge on any atom is 0.349 e. The fourth-order valence-electron chi connectivity index (χ4n) is 3.05. The van der Waals surface area contributed by atoms with Gasteiger partial charge in [-0.3, -0.25) is 4.57 Å². The Labute approximate surface area is 198 Å². The van der Waals surface area contributed by atoms with E-state index in [1.54, 1.807) is 12.1 Å². The molecule has 3 aromatic rings. The zero-order valence-corrected chi connectivity index (χ0v) is 20.9. The second-order valence-electron chi connectivity index (χ2n) is 6.95. The lowest BCUT2D eigenvalue weighted by Crippen LogP contribution is -2.32. The highest BCUT2D eigenvalue weighted by Crippen LogP contribution is 2.42. The zero-order valence-electron chi connectivity index (χ0n) is 16.8. The van der Waals surface area contributed by atoms with Gasteiger partial charge in [-0.05, 0) is 18.2 Å². The van der Waals surface area contributed by atoms with Crippen LogP contribution in [0.2, 0.25) is 10.0 Å². The summed E-state index contributed by atoms with van der Waals surface area (Å²) in [5.41, 5.74) is 0.177. The summed E-state index contributed by atoms with van der Waals surface area (Å²) in [7, 11) is -5.70. The minimum absolute atomic E-state index is 0.00885. The molecular formula is C19H19Cl2N2O6PS2. The van der Waals surface area contributed by atoms with Gasteiger partial charge in [-0.15, -0.1) is 0 Å². The summed E-state index contributed by atoms with van der Waals surface area (Å²) in [6.07, 6.45) is -0.881. The maximum atomic E-state index is 13.4. The summed E-state index contributed by atoms with van der Waals surface area (Å²) >= 11 is 9.90. The van der Waals surface area contributed by atoms with Gasteiger partial charge in [0.15, 0.2) is 11.2 Å². The number of benzene rings is 3. The Balaban J connectivity index is 2.26. The molecule has 2 N–H and O–H groups in total. The summed E-state index contributed by atoms with van der Waals surface area (Å²) in [5.74, 6) is 0. The summed E-state index contributed by atoms with van der Waals surface area (Å²) < 4.78 is 53.0. The number of hydrogen-bond acceptors (Lipinski definition) is 5. The molecule has 0 saturated carbocycles. The Morgan fingerprint density at radius 2 is 1.56 bits per heavy atom. The first-order chi connectivity index (χ1) is 14.8. The van der Waals surface area contributed by atoms with Crippen molar-refractivity contribution in [2.24, 2.45) is 0 Å². The van der Waals surface area contributed by atoms with E-state index in [4.69, 9.17) is 23.2 Å². The van der Waals surface area contributed by atoms with Crippen LogP contribution in [0.15, 0.2) is 64.4 Å². The van der Waals surface area contributed by atoms with E-state index < -0.39 is 35.3 Å². The van der Waals surface area contributed by atoms with Crippen LogP contribution in [0, 0.1) is 0 Å². The molecule has 13 heteroatoms. The summed E-state index contributed by atoms with van der Waals surface area (Å²) in [6, 6.07) is 13.3. The number of sulfonamides is 1. The topological polar surface area (TPSA) is 121 Å². The molecule has 3 rings (SSSR count). The Morgan fingerprint density at radius 3 is 2.12 bits per heavy atom. The third kappa shape index (κ3) is 5.41. The van der Waals surface area contributed by atoms with E-state index in [-0.39, 0.29) is 25.5 Å². The van der Waals surface area contributed by atoms with Crippen molar-refractivity contribution >= 4 is 68.6 Å². The van der Waals surface area contributed by atoms with Crippen LogP contribution in [0.4, 0.5) is 5.69 Å². The van der Waals surface area contributed by atoms with Crippen molar-refractivity contribution in [3.63, 3.8) is 0 Å². The first-order valence-electron chi connectivity index (χ1n) is 8.95. The van der Waals surface area contributed by atoms with Gasteiger partial charge < -0.3 is 14.3 Å². The molecule has 0 amide bonds. The van der Waals surface area contributed by atoms with E-state index >= 15 is 0 Å². The van der Waals surface area contributed by atoms with Crippen LogP contribution in [0.25, 0.3) is 10.8 Å². The lowest BCUT2D eigenvalue weighted by atomic mass is 10.1. The highest BCUT2D eigenvalue weighted by molar-refractivity contribution is 7.93. The second-order valence-corrected chi connectivity index (χ2v) is 13.0. The predicted octanol–water partition coefficient (Wildman–Crippen LogP) is 4.06. The molecule has 0 spiro atoms. The van der Waals surface area contributed by atoms with Crippen molar-refractivity contribution in [2.45, 2.75) is 9.79 Å². The number of anilines is 1. The SMILES string of the molecule is CN(C)S(=O)(=O)c1cccc2c(N(CP(=O)(O)O)[S+]([O-])c3cc(Cl)cc(Cl)c3)cccc12. The van der Waals surface area contributed by atoms with Gasteiger partial charge in [0, 0.05) is 47.0 Å². The molecule has 0 aliphatic carbocycles. The van der Waals surface area contributed by atoms with E-state index in [1.807, 2.05) is 0 Å². The number of nitrogens with zero attached hydrogens (tertiary/aromatic N) is 2. The van der Waals surface area contributed by atoms with Crippen LogP contribution in [0.3, 0.4) is 0 Å². The largest absolute Gasteiger partial charge is 0.588 e. The predicted molar refractivity (Wildman–Crippen MR) is 127 cm³/mol. The molecule has 0 aliphatic heterocycles. The number of fused-ring (bicyclic) bond motifs is 1. The van der Waals surface area contributed by atoms with E-state index in [1.165, 1.54) is 56.6 Å². The van der Waals surface area contributed by atoms with Crippen LogP contribution in [0.5, 0.6) is 0 Å². The van der Waals surface area contributed by atoms with E-state index in [2.05, 4.69) is 0 Å². The average molecular weight is 537 g/mol. The molecule has 0 heterocycles. The molecule has 1 unspecified atom stereocenters. The minimum atomic E-state index is -4.68. The Kier molecular flexibility index (Phi) is 7.51. The lowest BCUT2D eigenvalue weighted by molar-refractivity contribution is 0.373. The van der Waals surface area contributed by atoms with Crippen molar-refractivity contribution in [1.82, 2.24) is 4.31 Å². The van der Waals surface area contributed by atoms with Gasteiger partial charge in [-0.2, -0.15) is 4.31 Å². The monoisotopic (exact) mass is 536 g/mol. The molecule has 32 heavy (non-hydrogen) atoms. The first-order valence-corrected chi connectivity index (χ1v) is 14.1. The summed E-state index contributed by atoms with van der Waals surface area (Å²) in [5, 5.41) is 1.07. The average Bonchev–Trinajstić information content (AvgIpc) is 2.69. The molecule has 0 fully saturated rings. The van der Waals surface area contributed by atoms with Crippen molar-refractivity contribution < 1.29 is 27.3 Å². The van der Waals surface area contributed by atoms with Crippen LogP contribution >= 0.6 is 30.8 Å². The van der Waals surface area contributed by atoms with Crippen LogP contribution < -0.4 is 4.31 Å². The highest BCUT2D eigenvalue weighted by Gasteiger charge is 2.33. The molecular weight excluding hydrogens is 518 g/mol. The van der Waals surface area contributed by atoms with Crippen molar-refractivity contribution in [3.8, 4) is 0 Å². The molecule has 3 aromatic carbocycles. The van der Waals surface area contributed by atoms with Gasteiger partial charge in [0.25, 0.3) is 0 Å². The first kappa shape index (κ1) is 25.3. The van der Waals surface area contributed by atoms with Crippen LogP contribution in [0.1, 0.15) is 0 Å². The van der Waals surface area contributed by atoms with Gasteiger partial charge in [0.1, 0.15) is 11.4 Å². The molecule has 0 aliphatic rings. The van der Waals surface area contributed by atoms with Crippen molar-refractivity contribution in [3.05, 3.63) is 64.6 Å². The highest BCUT2D eigenvalue weighted by atomic mass is 35.5. The molecule has 0 aromatic heterocycles. The summed E-state index contributed by atoms with van der Waals surface area (Å²) in [6.45, 7) is 0. The quantitative estimate of drug-likeness (QED) is 0.345. The number of hydrogen-bond donors (Lipinski definition) is 2. The molecule has 1 atom stereocenters. The van der Waals surface area contributed by atoms with E-state index in [0.717, 1.165) is 8.61 Å². The Morgan fingerprint density at radius 1 is 1.00 bits per heavy atom. The number of rotatable bonds is 7. The molecule has 0 saturated heterocycles. The lowest BCUT2D eigenvalue weighted by Gasteiger charge is -2.27. The van der Waals surface area contributed by atoms with Crippen LogP contribution in [-0.4, -0.2) is 47.4 Å². The second kappa shape index (κ2) is 9.50. The maximum absolute atomic E-state index is 13.4. The van der Waals surface area contributed by atoms with Gasteiger partial charge in [0.2, 0.25) is 10.0 Å². The third-order valence-corrected chi connectivity index (χ3v) is 8.95. The normalized spacial score (nSPS) is 13.5.